The van der Waals surface area contributed by atoms with Crippen LogP contribution in [0.25, 0.3) is 5.57 Å². The highest BCUT2D eigenvalue weighted by Crippen LogP contribution is 2.42. The van der Waals surface area contributed by atoms with Gasteiger partial charge < -0.3 is 9.64 Å². The smallest absolute Gasteiger partial charge is 0.267 e. The number of amidine groups is 1. The average Bonchev–Trinajstić information content (AvgIpc) is 3.29. The summed E-state index contributed by atoms with van der Waals surface area (Å²) in [6.45, 7) is 1.49. The van der Waals surface area contributed by atoms with E-state index in [9.17, 15) is 10.1 Å². The summed E-state index contributed by atoms with van der Waals surface area (Å²) >= 11 is 1.67. The molecular formula is C29H23N3O2S. The van der Waals surface area contributed by atoms with E-state index in [4.69, 9.17) is 4.74 Å². The molecule has 6 heteroatoms. The van der Waals surface area contributed by atoms with Crippen molar-refractivity contribution >= 4 is 34.8 Å². The van der Waals surface area contributed by atoms with Crippen LogP contribution in [-0.2, 0) is 14.9 Å². The molecule has 3 aliphatic rings. The zero-order valence-corrected chi connectivity index (χ0v) is 19.9. The monoisotopic (exact) mass is 477 g/mol. The average molecular weight is 478 g/mol. The van der Waals surface area contributed by atoms with Crippen LogP contribution in [-0.4, -0.2) is 31.5 Å². The SMILES string of the molecule is N#CC1(c2cccc(Sc3ccc4c(c3)N3CC(=O)N=C3C=C4c3ccccc3)c2)CCOCC1. The van der Waals surface area contributed by atoms with E-state index in [1.165, 1.54) is 0 Å². The van der Waals surface area contributed by atoms with Crippen molar-refractivity contribution in [2.24, 2.45) is 4.99 Å². The lowest BCUT2D eigenvalue weighted by Gasteiger charge is -2.31. The van der Waals surface area contributed by atoms with E-state index in [-0.39, 0.29) is 12.5 Å². The van der Waals surface area contributed by atoms with Gasteiger partial charge in [-0.3, -0.25) is 4.79 Å². The number of benzene rings is 3. The summed E-state index contributed by atoms with van der Waals surface area (Å²) in [5.74, 6) is 0.571. The van der Waals surface area contributed by atoms with Gasteiger partial charge in [0.05, 0.1) is 17.2 Å². The Morgan fingerprint density at radius 3 is 2.57 bits per heavy atom. The van der Waals surface area contributed by atoms with E-state index in [1.54, 1.807) is 11.8 Å². The van der Waals surface area contributed by atoms with Crippen molar-refractivity contribution in [3.63, 3.8) is 0 Å². The molecule has 0 unspecified atom stereocenters. The summed E-state index contributed by atoms with van der Waals surface area (Å²) in [6, 6.07) is 27.5. The second kappa shape index (κ2) is 8.84. The molecule has 0 N–H and O–H groups in total. The first-order valence-corrected chi connectivity index (χ1v) is 12.5. The largest absolute Gasteiger partial charge is 0.381 e. The summed E-state index contributed by atoms with van der Waals surface area (Å²) in [6.07, 6.45) is 3.44. The topological polar surface area (TPSA) is 65.7 Å². The van der Waals surface area contributed by atoms with E-state index in [1.807, 2.05) is 35.2 Å². The molecule has 1 fully saturated rings. The molecule has 0 aliphatic carbocycles. The number of rotatable bonds is 4. The van der Waals surface area contributed by atoms with Gasteiger partial charge in [-0.1, -0.05) is 60.3 Å². The number of carbonyl (C=O) groups is 1. The normalized spacial score (nSPS) is 18.3. The molecule has 1 amide bonds. The van der Waals surface area contributed by atoms with Crippen molar-refractivity contribution in [3.05, 3.63) is 95.6 Å². The van der Waals surface area contributed by atoms with Crippen molar-refractivity contribution in [3.8, 4) is 6.07 Å². The molecule has 0 spiro atoms. The summed E-state index contributed by atoms with van der Waals surface area (Å²) in [5, 5.41) is 9.97. The Morgan fingerprint density at radius 1 is 0.971 bits per heavy atom. The van der Waals surface area contributed by atoms with Crippen LogP contribution in [0.1, 0.15) is 29.5 Å². The van der Waals surface area contributed by atoms with Gasteiger partial charge in [0.2, 0.25) is 0 Å². The number of hydrogen-bond acceptors (Lipinski definition) is 5. The van der Waals surface area contributed by atoms with Crippen molar-refractivity contribution in [2.75, 3.05) is 24.7 Å². The third-order valence-corrected chi connectivity index (χ3v) is 7.88. The standard InChI is InChI=1S/C29H23N3O2S/c30-19-29(11-13-34-14-12-29)21-7-4-8-22(15-21)35-23-9-10-24-25(20-5-2-1-3-6-20)17-27-31-28(33)18-32(27)26(24)16-23/h1-10,15-17H,11-14,18H2. The molecule has 172 valence electrons. The van der Waals surface area contributed by atoms with E-state index in [0.29, 0.717) is 19.0 Å². The van der Waals surface area contributed by atoms with Crippen LogP contribution in [0.15, 0.2) is 93.7 Å². The van der Waals surface area contributed by atoms with Gasteiger partial charge >= 0.3 is 0 Å². The number of hydrogen-bond donors (Lipinski definition) is 0. The van der Waals surface area contributed by atoms with Gasteiger partial charge in [-0.05, 0) is 59.9 Å². The highest BCUT2D eigenvalue weighted by molar-refractivity contribution is 7.99. The Hall–Kier alpha value is -3.66. The van der Waals surface area contributed by atoms with Gasteiger partial charge in [0, 0.05) is 28.6 Å². The third kappa shape index (κ3) is 3.97. The number of anilines is 1. The maximum absolute atomic E-state index is 12.2. The fourth-order valence-electron chi connectivity index (χ4n) is 5.03. The van der Waals surface area contributed by atoms with E-state index < -0.39 is 5.41 Å². The fraction of sp³-hybridized carbons (Fsp3) is 0.207. The first-order chi connectivity index (χ1) is 17.1. The molecule has 6 rings (SSSR count). The van der Waals surface area contributed by atoms with Crippen molar-refractivity contribution < 1.29 is 9.53 Å². The van der Waals surface area contributed by atoms with Gasteiger partial charge in [0.15, 0.2) is 0 Å². The molecule has 0 bridgehead atoms. The van der Waals surface area contributed by atoms with Crippen LogP contribution in [0, 0.1) is 11.3 Å². The molecule has 35 heavy (non-hydrogen) atoms. The molecule has 0 radical (unpaired) electrons. The lowest BCUT2D eigenvalue weighted by Crippen LogP contribution is -2.32. The van der Waals surface area contributed by atoms with E-state index in [0.717, 1.165) is 50.6 Å². The second-order valence-electron chi connectivity index (χ2n) is 8.99. The number of fused-ring (bicyclic) bond motifs is 3. The summed E-state index contributed by atoms with van der Waals surface area (Å²) in [7, 11) is 0. The Kier molecular flexibility index (Phi) is 5.52. The first-order valence-electron chi connectivity index (χ1n) is 11.7. The molecule has 5 nitrogen and oxygen atoms in total. The lowest BCUT2D eigenvalue weighted by atomic mass is 9.75. The number of carbonyl (C=O) groups excluding carboxylic acids is 1. The maximum atomic E-state index is 12.2. The molecule has 3 heterocycles. The quantitative estimate of drug-likeness (QED) is 0.489. The fourth-order valence-corrected chi connectivity index (χ4v) is 5.94. The Labute approximate surface area is 208 Å². The lowest BCUT2D eigenvalue weighted by molar-refractivity contribution is -0.115. The molecule has 0 atom stereocenters. The van der Waals surface area contributed by atoms with Gasteiger partial charge in [-0.2, -0.15) is 10.3 Å². The molecule has 0 aromatic heterocycles. The first kappa shape index (κ1) is 21.8. The number of amides is 1. The van der Waals surface area contributed by atoms with Crippen LogP contribution < -0.4 is 4.90 Å². The van der Waals surface area contributed by atoms with Crippen molar-refractivity contribution in [1.82, 2.24) is 0 Å². The minimum atomic E-state index is -0.485. The van der Waals surface area contributed by atoms with Gasteiger partial charge in [0.25, 0.3) is 5.91 Å². The molecule has 3 aromatic carbocycles. The van der Waals surface area contributed by atoms with Crippen molar-refractivity contribution in [1.29, 1.82) is 5.26 Å². The molecule has 0 saturated carbocycles. The number of ether oxygens (including phenoxy) is 1. The van der Waals surface area contributed by atoms with Crippen LogP contribution in [0.4, 0.5) is 5.69 Å². The summed E-state index contributed by atoms with van der Waals surface area (Å²) in [4.78, 5) is 20.6. The molecular weight excluding hydrogens is 454 g/mol. The predicted molar refractivity (Wildman–Crippen MR) is 138 cm³/mol. The van der Waals surface area contributed by atoms with Crippen LogP contribution in [0.5, 0.6) is 0 Å². The van der Waals surface area contributed by atoms with Gasteiger partial charge in [-0.25, -0.2) is 0 Å². The molecule has 3 aliphatic heterocycles. The second-order valence-corrected chi connectivity index (χ2v) is 10.1. The Bertz CT molecular complexity index is 1420. The zero-order chi connectivity index (χ0) is 23.8. The predicted octanol–water partition coefficient (Wildman–Crippen LogP) is 5.60. The number of aliphatic imine (C=N–C) groups is 1. The molecule has 1 saturated heterocycles. The Morgan fingerprint density at radius 2 is 1.77 bits per heavy atom. The zero-order valence-electron chi connectivity index (χ0n) is 19.1. The molecule has 3 aromatic rings. The van der Waals surface area contributed by atoms with E-state index >= 15 is 0 Å². The van der Waals surface area contributed by atoms with Crippen LogP contribution >= 0.6 is 11.8 Å². The third-order valence-electron chi connectivity index (χ3n) is 6.90. The van der Waals surface area contributed by atoms with Crippen LogP contribution in [0.2, 0.25) is 0 Å². The number of nitrogens with zero attached hydrogens (tertiary/aromatic N) is 3. The summed E-state index contributed by atoms with van der Waals surface area (Å²) in [5.41, 5.74) is 4.83. The highest BCUT2D eigenvalue weighted by Gasteiger charge is 2.35. The minimum Gasteiger partial charge on any atom is -0.381 e. The van der Waals surface area contributed by atoms with E-state index in [2.05, 4.69) is 59.6 Å². The van der Waals surface area contributed by atoms with Crippen molar-refractivity contribution in [2.45, 2.75) is 28.0 Å². The Balaban J connectivity index is 1.35. The highest BCUT2D eigenvalue weighted by atomic mass is 32.2. The maximum Gasteiger partial charge on any atom is 0.267 e. The minimum absolute atomic E-state index is 0.125. The summed E-state index contributed by atoms with van der Waals surface area (Å²) < 4.78 is 5.51. The van der Waals surface area contributed by atoms with Gasteiger partial charge in [0.1, 0.15) is 12.4 Å². The van der Waals surface area contributed by atoms with Gasteiger partial charge in [-0.15, -0.1) is 0 Å². The number of nitriles is 1. The van der Waals surface area contributed by atoms with Crippen LogP contribution in [0.3, 0.4) is 0 Å².